The third-order valence-electron chi connectivity index (χ3n) is 2.81. The van der Waals surface area contributed by atoms with E-state index in [9.17, 15) is 8.42 Å². The van der Waals surface area contributed by atoms with Gasteiger partial charge >= 0.3 is 0 Å². The Morgan fingerprint density at radius 2 is 1.95 bits per heavy atom. The van der Waals surface area contributed by atoms with E-state index in [4.69, 9.17) is 9.15 Å². The summed E-state index contributed by atoms with van der Waals surface area (Å²) in [5.41, 5.74) is 1.23. The molecule has 114 valence electrons. The van der Waals surface area contributed by atoms with E-state index in [1.54, 1.807) is 38.4 Å². The Kier molecular flexibility index (Phi) is 5.00. The lowest BCUT2D eigenvalue weighted by atomic mass is 10.2. The molecule has 0 fully saturated rings. The summed E-state index contributed by atoms with van der Waals surface area (Å²) in [6.07, 6.45) is 0. The number of para-hydroxylation sites is 1. The van der Waals surface area contributed by atoms with Crippen molar-refractivity contribution in [3.05, 3.63) is 47.7 Å². The molecule has 0 atom stereocenters. The van der Waals surface area contributed by atoms with Crippen LogP contribution in [0.4, 0.5) is 5.69 Å². The zero-order chi connectivity index (χ0) is 15.3. The molecule has 0 aliphatic rings. The largest absolute Gasteiger partial charge is 0.446 e. The van der Waals surface area contributed by atoms with E-state index >= 15 is 0 Å². The molecule has 0 saturated heterocycles. The van der Waals surface area contributed by atoms with Crippen LogP contribution in [0.2, 0.25) is 0 Å². The van der Waals surface area contributed by atoms with Crippen molar-refractivity contribution < 1.29 is 17.6 Å². The maximum Gasteiger partial charge on any atom is 0.295 e. The lowest BCUT2D eigenvalue weighted by molar-refractivity contribution is 0.185. The fraction of sp³-hybridized carbons (Fsp3) is 0.286. The van der Waals surface area contributed by atoms with Crippen molar-refractivity contribution in [2.45, 2.75) is 18.2 Å². The van der Waals surface area contributed by atoms with Crippen molar-refractivity contribution in [2.24, 2.45) is 0 Å². The summed E-state index contributed by atoms with van der Waals surface area (Å²) in [6.45, 7) is 0.789. The van der Waals surface area contributed by atoms with Crippen molar-refractivity contribution in [1.82, 2.24) is 5.32 Å². The Morgan fingerprint density at radius 3 is 2.67 bits per heavy atom. The highest BCUT2D eigenvalue weighted by atomic mass is 32.2. The second-order valence-corrected chi connectivity index (χ2v) is 6.06. The number of anilines is 1. The number of hydrogen-bond donors (Lipinski definition) is 2. The maximum absolute atomic E-state index is 12.3. The van der Waals surface area contributed by atoms with E-state index in [1.807, 2.05) is 6.07 Å². The SMILES string of the molecule is CNCc1ccc(S(=O)(=O)Nc2ccccc2COC)o1. The molecule has 0 aliphatic heterocycles. The zero-order valence-corrected chi connectivity index (χ0v) is 12.7. The van der Waals surface area contributed by atoms with Gasteiger partial charge in [-0.1, -0.05) is 18.2 Å². The zero-order valence-electron chi connectivity index (χ0n) is 11.9. The van der Waals surface area contributed by atoms with Crippen molar-refractivity contribution in [1.29, 1.82) is 0 Å². The summed E-state index contributed by atoms with van der Waals surface area (Å²) in [5.74, 6) is 0.558. The Bertz CT molecular complexity index is 695. The number of ether oxygens (including phenoxy) is 1. The summed E-state index contributed by atoms with van der Waals surface area (Å²) in [7, 11) is -0.434. The predicted octanol–water partition coefficient (Wildman–Crippen LogP) is 1.95. The smallest absolute Gasteiger partial charge is 0.295 e. The summed E-state index contributed by atoms with van der Waals surface area (Å²) in [5, 5.41) is 2.79. The van der Waals surface area contributed by atoms with Gasteiger partial charge < -0.3 is 14.5 Å². The second kappa shape index (κ2) is 6.75. The Morgan fingerprint density at radius 1 is 1.19 bits per heavy atom. The number of rotatable bonds is 7. The van der Waals surface area contributed by atoms with Crippen LogP contribution in [0.15, 0.2) is 45.9 Å². The number of methoxy groups -OCH3 is 1. The second-order valence-electron chi connectivity index (χ2n) is 4.45. The van der Waals surface area contributed by atoms with Gasteiger partial charge in [0.1, 0.15) is 5.76 Å². The molecular weight excluding hydrogens is 292 g/mol. The Hall–Kier alpha value is -1.83. The fourth-order valence-corrected chi connectivity index (χ4v) is 2.92. The summed E-state index contributed by atoms with van der Waals surface area (Å²) in [6, 6.07) is 10.1. The monoisotopic (exact) mass is 310 g/mol. The van der Waals surface area contributed by atoms with Crippen LogP contribution in [-0.2, 0) is 27.9 Å². The van der Waals surface area contributed by atoms with Crippen molar-refractivity contribution in [3.63, 3.8) is 0 Å². The van der Waals surface area contributed by atoms with Crippen LogP contribution in [0.1, 0.15) is 11.3 Å². The standard InChI is InChI=1S/C14H18N2O4S/c1-15-9-12-7-8-14(20-12)21(17,18)16-13-6-4-3-5-11(13)10-19-2/h3-8,15-16H,9-10H2,1-2H3. The molecule has 2 rings (SSSR count). The quantitative estimate of drug-likeness (QED) is 0.817. The van der Waals surface area contributed by atoms with Crippen molar-refractivity contribution in [2.75, 3.05) is 18.9 Å². The van der Waals surface area contributed by atoms with E-state index in [0.29, 0.717) is 24.6 Å². The molecule has 0 radical (unpaired) electrons. The molecular formula is C14H18N2O4S. The lowest BCUT2D eigenvalue weighted by Crippen LogP contribution is -2.13. The van der Waals surface area contributed by atoms with Crippen LogP contribution in [-0.4, -0.2) is 22.6 Å². The minimum Gasteiger partial charge on any atom is -0.446 e. The highest BCUT2D eigenvalue weighted by molar-refractivity contribution is 7.92. The molecule has 1 heterocycles. The van der Waals surface area contributed by atoms with Gasteiger partial charge in [0.25, 0.3) is 10.0 Å². The molecule has 2 aromatic rings. The van der Waals surface area contributed by atoms with Gasteiger partial charge in [-0.25, -0.2) is 0 Å². The molecule has 21 heavy (non-hydrogen) atoms. The van der Waals surface area contributed by atoms with Crippen LogP contribution in [0.5, 0.6) is 0 Å². The number of furan rings is 1. The average Bonchev–Trinajstić information content (AvgIpc) is 2.91. The minimum absolute atomic E-state index is 0.111. The van der Waals surface area contributed by atoms with E-state index in [0.717, 1.165) is 5.56 Å². The highest BCUT2D eigenvalue weighted by Gasteiger charge is 2.20. The minimum atomic E-state index is -3.75. The topological polar surface area (TPSA) is 80.6 Å². The van der Waals surface area contributed by atoms with Crippen LogP contribution >= 0.6 is 0 Å². The normalized spacial score (nSPS) is 11.5. The lowest BCUT2D eigenvalue weighted by Gasteiger charge is -2.10. The van der Waals surface area contributed by atoms with Gasteiger partial charge in [-0.15, -0.1) is 0 Å². The summed E-state index contributed by atoms with van der Waals surface area (Å²) < 4.78 is 37.5. The van der Waals surface area contributed by atoms with Gasteiger partial charge in [-0.3, -0.25) is 4.72 Å². The molecule has 0 saturated carbocycles. The number of benzene rings is 1. The summed E-state index contributed by atoms with van der Waals surface area (Å²) >= 11 is 0. The van der Waals surface area contributed by atoms with Crippen LogP contribution < -0.4 is 10.0 Å². The van der Waals surface area contributed by atoms with Gasteiger partial charge in [-0.05, 0) is 25.2 Å². The first-order chi connectivity index (χ1) is 10.1. The molecule has 0 aliphatic carbocycles. The van der Waals surface area contributed by atoms with Crippen molar-refractivity contribution in [3.8, 4) is 0 Å². The Balaban J connectivity index is 2.24. The molecule has 2 N–H and O–H groups in total. The van der Waals surface area contributed by atoms with Gasteiger partial charge in [0.15, 0.2) is 0 Å². The molecule has 1 aromatic heterocycles. The van der Waals surface area contributed by atoms with Crippen molar-refractivity contribution >= 4 is 15.7 Å². The van der Waals surface area contributed by atoms with Gasteiger partial charge in [0.2, 0.25) is 5.09 Å². The maximum atomic E-state index is 12.3. The van der Waals surface area contributed by atoms with Gasteiger partial charge in [0.05, 0.1) is 18.8 Å². The van der Waals surface area contributed by atoms with Gasteiger partial charge in [0, 0.05) is 12.7 Å². The first-order valence-electron chi connectivity index (χ1n) is 6.40. The molecule has 1 aromatic carbocycles. The molecule has 0 bridgehead atoms. The number of nitrogens with one attached hydrogen (secondary N) is 2. The summed E-state index contributed by atoms with van der Waals surface area (Å²) in [4.78, 5) is 0. The Labute approximate surface area is 124 Å². The third kappa shape index (κ3) is 3.84. The number of hydrogen-bond acceptors (Lipinski definition) is 5. The molecule has 6 nitrogen and oxygen atoms in total. The van der Waals surface area contributed by atoms with Crippen LogP contribution in [0.3, 0.4) is 0 Å². The van der Waals surface area contributed by atoms with E-state index in [-0.39, 0.29) is 5.09 Å². The molecule has 7 heteroatoms. The van der Waals surface area contributed by atoms with Gasteiger partial charge in [-0.2, -0.15) is 8.42 Å². The average molecular weight is 310 g/mol. The van der Waals surface area contributed by atoms with E-state index < -0.39 is 10.0 Å². The molecule has 0 unspecified atom stereocenters. The first-order valence-corrected chi connectivity index (χ1v) is 7.88. The predicted molar refractivity (Wildman–Crippen MR) is 79.4 cm³/mol. The van der Waals surface area contributed by atoms with Crippen LogP contribution in [0, 0.1) is 0 Å². The van der Waals surface area contributed by atoms with Crippen LogP contribution in [0.25, 0.3) is 0 Å². The highest BCUT2D eigenvalue weighted by Crippen LogP contribution is 2.22. The molecule has 0 amide bonds. The molecule has 0 spiro atoms. The van der Waals surface area contributed by atoms with E-state index in [1.165, 1.54) is 6.07 Å². The third-order valence-corrected chi connectivity index (χ3v) is 4.05. The fourth-order valence-electron chi connectivity index (χ4n) is 1.87. The van der Waals surface area contributed by atoms with E-state index in [2.05, 4.69) is 10.0 Å². The first kappa shape index (κ1) is 15.6. The number of sulfonamides is 1.